The van der Waals surface area contributed by atoms with Gasteiger partial charge >= 0.3 is 0 Å². The van der Waals surface area contributed by atoms with Gasteiger partial charge in [-0.2, -0.15) is 0 Å². The molecular weight excluding hydrogens is 532 g/mol. The number of carbonyl (C=O) groups is 1. The van der Waals surface area contributed by atoms with Gasteiger partial charge in [-0.05, 0) is 69.7 Å². The lowest BCUT2D eigenvalue weighted by Crippen LogP contribution is -2.30. The summed E-state index contributed by atoms with van der Waals surface area (Å²) in [5.41, 5.74) is 1.02. The lowest BCUT2D eigenvalue weighted by atomic mass is 10.1. The second-order valence-electron chi connectivity index (χ2n) is 5.20. The van der Waals surface area contributed by atoms with Crippen LogP contribution in [0, 0.1) is 21.0 Å². The molecule has 2 aromatic rings. The van der Waals surface area contributed by atoms with E-state index in [1.807, 2.05) is 28.1 Å². The summed E-state index contributed by atoms with van der Waals surface area (Å²) in [6, 6.07) is 5.13. The fourth-order valence-corrected chi connectivity index (χ4v) is 2.72. The van der Waals surface area contributed by atoms with Gasteiger partial charge in [-0.25, -0.2) is 18.7 Å². The van der Waals surface area contributed by atoms with Gasteiger partial charge < -0.3 is 10.4 Å². The van der Waals surface area contributed by atoms with E-state index in [4.69, 9.17) is 9.94 Å². The van der Waals surface area contributed by atoms with Crippen molar-refractivity contribution in [3.8, 4) is 0 Å². The number of hydrogen-bond acceptors (Lipinski definition) is 4. The van der Waals surface area contributed by atoms with E-state index >= 15 is 0 Å². The van der Waals surface area contributed by atoms with Gasteiger partial charge in [0.05, 0.1) is 28.0 Å². The van der Waals surface area contributed by atoms with Crippen LogP contribution < -0.4 is 10.8 Å². The van der Waals surface area contributed by atoms with Gasteiger partial charge in [0.1, 0.15) is 11.9 Å². The van der Waals surface area contributed by atoms with Crippen molar-refractivity contribution in [3.63, 3.8) is 0 Å². The summed E-state index contributed by atoms with van der Waals surface area (Å²) >= 11 is 4.72. The minimum atomic E-state index is -1.36. The van der Waals surface area contributed by atoms with Crippen LogP contribution in [0.25, 0.3) is 0 Å². The molecule has 0 saturated carbocycles. The van der Waals surface area contributed by atoms with Gasteiger partial charge in [0.15, 0.2) is 11.6 Å². The number of halogens is 5. The highest BCUT2D eigenvalue weighted by molar-refractivity contribution is 14.1. The van der Waals surface area contributed by atoms with E-state index in [1.54, 1.807) is 6.07 Å². The molecule has 140 valence electrons. The van der Waals surface area contributed by atoms with Crippen molar-refractivity contribution >= 4 is 55.8 Å². The number of aliphatic hydroxyl groups is 1. The molecule has 0 heterocycles. The van der Waals surface area contributed by atoms with Gasteiger partial charge in [0.25, 0.3) is 5.91 Å². The van der Waals surface area contributed by atoms with Crippen molar-refractivity contribution in [1.29, 1.82) is 0 Å². The fourth-order valence-electron chi connectivity index (χ4n) is 1.87. The number of anilines is 2. The Morgan fingerprint density at radius 1 is 1.31 bits per heavy atom. The quantitative estimate of drug-likeness (QED) is 0.289. The standard InChI is InChI=1S/C16H13BrF3IN2O3/c1-7(6-24)26-23-16(25)9-5-10(17)13(19)14(20)15(9)22-12-3-2-8(21)4-11(12)18/h2-5,7,22,24H,6H2,1H3,(H,23,25). The molecule has 0 aliphatic heterocycles. The molecule has 0 saturated heterocycles. The number of rotatable bonds is 6. The van der Waals surface area contributed by atoms with Crippen LogP contribution in [0.2, 0.25) is 0 Å². The number of benzene rings is 2. The molecule has 26 heavy (non-hydrogen) atoms. The summed E-state index contributed by atoms with van der Waals surface area (Å²) in [5, 5.41) is 11.3. The third kappa shape index (κ3) is 4.87. The summed E-state index contributed by atoms with van der Waals surface area (Å²) in [7, 11) is 0. The molecule has 0 bridgehead atoms. The van der Waals surface area contributed by atoms with E-state index in [2.05, 4.69) is 21.2 Å². The van der Waals surface area contributed by atoms with Crippen molar-refractivity contribution < 1.29 is 27.9 Å². The predicted molar refractivity (Wildman–Crippen MR) is 102 cm³/mol. The Hall–Kier alpha value is -1.37. The number of hydroxylamine groups is 1. The summed E-state index contributed by atoms with van der Waals surface area (Å²) < 4.78 is 42.7. The molecule has 1 amide bonds. The Kier molecular flexibility index (Phi) is 7.26. The SMILES string of the molecule is CC(CO)ONC(=O)c1cc(Br)c(F)c(F)c1Nc1ccc(I)cc1F. The monoisotopic (exact) mass is 544 g/mol. The summed E-state index contributed by atoms with van der Waals surface area (Å²) in [4.78, 5) is 17.1. The van der Waals surface area contributed by atoms with Crippen LogP contribution in [-0.4, -0.2) is 23.7 Å². The minimum Gasteiger partial charge on any atom is -0.394 e. The first kappa shape index (κ1) is 20.9. The topological polar surface area (TPSA) is 70.6 Å². The fraction of sp³-hybridized carbons (Fsp3) is 0.188. The molecule has 1 atom stereocenters. The van der Waals surface area contributed by atoms with Crippen LogP contribution in [0.3, 0.4) is 0 Å². The Morgan fingerprint density at radius 3 is 2.62 bits per heavy atom. The number of carbonyl (C=O) groups excluding carboxylic acids is 1. The van der Waals surface area contributed by atoms with Crippen molar-refractivity contribution in [2.24, 2.45) is 0 Å². The number of hydrogen-bond donors (Lipinski definition) is 3. The normalized spacial score (nSPS) is 12.0. The first-order valence-electron chi connectivity index (χ1n) is 7.21. The van der Waals surface area contributed by atoms with E-state index in [0.717, 1.165) is 6.07 Å². The van der Waals surface area contributed by atoms with Crippen molar-refractivity contribution in [1.82, 2.24) is 5.48 Å². The summed E-state index contributed by atoms with van der Waals surface area (Å²) in [6.45, 7) is 1.13. The zero-order valence-electron chi connectivity index (χ0n) is 13.2. The number of amides is 1. The van der Waals surface area contributed by atoms with Crippen LogP contribution in [0.1, 0.15) is 17.3 Å². The van der Waals surface area contributed by atoms with Gasteiger partial charge in [-0.1, -0.05) is 0 Å². The molecule has 0 aliphatic carbocycles. The predicted octanol–water partition coefficient (Wildman–Crippen LogP) is 4.26. The summed E-state index contributed by atoms with van der Waals surface area (Å²) in [6.07, 6.45) is -0.710. The second kappa shape index (κ2) is 9.02. The molecule has 10 heteroatoms. The highest BCUT2D eigenvalue weighted by Crippen LogP contribution is 2.32. The van der Waals surface area contributed by atoms with E-state index in [9.17, 15) is 18.0 Å². The van der Waals surface area contributed by atoms with E-state index in [-0.39, 0.29) is 22.3 Å². The molecule has 2 rings (SSSR count). The first-order chi connectivity index (χ1) is 12.2. The Bertz CT molecular complexity index is 839. The Balaban J connectivity index is 2.43. The second-order valence-corrected chi connectivity index (χ2v) is 7.30. The maximum atomic E-state index is 14.4. The van der Waals surface area contributed by atoms with Gasteiger partial charge in [-0.15, -0.1) is 0 Å². The van der Waals surface area contributed by atoms with Gasteiger partial charge in [0, 0.05) is 3.57 Å². The molecule has 0 fully saturated rings. The van der Waals surface area contributed by atoms with Gasteiger partial charge in [-0.3, -0.25) is 9.63 Å². The minimum absolute atomic E-state index is 0.135. The molecule has 0 aromatic heterocycles. The van der Waals surface area contributed by atoms with Crippen LogP contribution >= 0.6 is 38.5 Å². The van der Waals surface area contributed by atoms with E-state index < -0.39 is 35.2 Å². The lowest BCUT2D eigenvalue weighted by molar-refractivity contribution is -0.0304. The Morgan fingerprint density at radius 2 is 2.00 bits per heavy atom. The molecule has 0 spiro atoms. The zero-order valence-corrected chi connectivity index (χ0v) is 17.0. The molecular formula is C16H13BrF3IN2O3. The number of nitrogens with one attached hydrogen (secondary N) is 2. The Labute approximate surface area is 169 Å². The molecule has 2 aromatic carbocycles. The average molecular weight is 545 g/mol. The number of aliphatic hydroxyl groups excluding tert-OH is 1. The molecule has 0 radical (unpaired) electrons. The highest BCUT2D eigenvalue weighted by atomic mass is 127. The smallest absolute Gasteiger partial charge is 0.277 e. The summed E-state index contributed by atoms with van der Waals surface area (Å²) in [5.74, 6) is -4.20. The third-order valence-corrected chi connectivity index (χ3v) is 4.46. The molecule has 1 unspecified atom stereocenters. The van der Waals surface area contributed by atoms with Crippen LogP contribution in [0.5, 0.6) is 0 Å². The van der Waals surface area contributed by atoms with Crippen LogP contribution in [-0.2, 0) is 4.84 Å². The maximum Gasteiger partial charge on any atom is 0.277 e. The third-order valence-electron chi connectivity index (χ3n) is 3.21. The van der Waals surface area contributed by atoms with Crippen LogP contribution in [0.4, 0.5) is 24.5 Å². The lowest BCUT2D eigenvalue weighted by Gasteiger charge is -2.16. The maximum absolute atomic E-state index is 14.4. The van der Waals surface area contributed by atoms with Crippen molar-refractivity contribution in [3.05, 3.63) is 55.3 Å². The zero-order chi connectivity index (χ0) is 19.4. The van der Waals surface area contributed by atoms with Crippen molar-refractivity contribution in [2.45, 2.75) is 13.0 Å². The largest absolute Gasteiger partial charge is 0.394 e. The average Bonchev–Trinajstić information content (AvgIpc) is 2.61. The molecule has 5 nitrogen and oxygen atoms in total. The first-order valence-corrected chi connectivity index (χ1v) is 9.08. The molecule has 0 aliphatic rings. The van der Waals surface area contributed by atoms with Crippen molar-refractivity contribution in [2.75, 3.05) is 11.9 Å². The van der Waals surface area contributed by atoms with E-state index in [1.165, 1.54) is 19.1 Å². The van der Waals surface area contributed by atoms with E-state index in [0.29, 0.717) is 3.57 Å². The molecule has 3 N–H and O–H groups in total. The highest BCUT2D eigenvalue weighted by Gasteiger charge is 2.23. The van der Waals surface area contributed by atoms with Crippen LogP contribution in [0.15, 0.2) is 28.7 Å². The van der Waals surface area contributed by atoms with Gasteiger partial charge in [0.2, 0.25) is 0 Å².